The zero-order valence-electron chi connectivity index (χ0n) is 24.5. The van der Waals surface area contributed by atoms with Gasteiger partial charge >= 0.3 is 6.11 Å². The zero-order valence-corrected chi connectivity index (χ0v) is 25.3. The van der Waals surface area contributed by atoms with Gasteiger partial charge in [-0.05, 0) is 71.0 Å². The van der Waals surface area contributed by atoms with E-state index in [0.717, 1.165) is 37.3 Å². The summed E-state index contributed by atoms with van der Waals surface area (Å²) in [5.41, 5.74) is -1.88. The fourth-order valence-electron chi connectivity index (χ4n) is 5.16. The van der Waals surface area contributed by atoms with E-state index in [0.29, 0.717) is 35.4 Å². The van der Waals surface area contributed by atoms with Crippen LogP contribution >= 0.6 is 11.6 Å². The van der Waals surface area contributed by atoms with Crippen molar-refractivity contribution in [3.05, 3.63) is 136 Å². The van der Waals surface area contributed by atoms with Crippen LogP contribution < -0.4 is 4.74 Å². The van der Waals surface area contributed by atoms with E-state index in [2.05, 4.69) is 11.7 Å². The van der Waals surface area contributed by atoms with E-state index in [1.165, 1.54) is 12.1 Å². The van der Waals surface area contributed by atoms with E-state index >= 15 is 22.0 Å². The van der Waals surface area contributed by atoms with Crippen LogP contribution in [0, 0.1) is 40.7 Å². The predicted octanol–water partition coefficient (Wildman–Crippen LogP) is 12.2. The molecule has 5 aromatic rings. The van der Waals surface area contributed by atoms with Crippen molar-refractivity contribution in [1.82, 2.24) is 0 Å². The Bertz CT molecular complexity index is 1870. The lowest BCUT2D eigenvalue weighted by Gasteiger charge is -2.20. The maximum absolute atomic E-state index is 15.1. The molecule has 11 heteroatoms. The molecule has 0 aromatic heterocycles. The zero-order chi connectivity index (χ0) is 34.0. The molecule has 0 spiro atoms. The molecule has 0 unspecified atom stereocenters. The Morgan fingerprint density at radius 1 is 0.574 bits per heavy atom. The highest BCUT2D eigenvalue weighted by Crippen LogP contribution is 2.40. The number of hydrogen-bond acceptors (Lipinski definition) is 1. The first-order valence-electron chi connectivity index (χ1n) is 14.4. The number of halogens is 10. The van der Waals surface area contributed by atoms with E-state index in [9.17, 15) is 17.6 Å². The molecule has 0 heterocycles. The molecule has 0 aliphatic heterocycles. The Morgan fingerprint density at radius 2 is 1.11 bits per heavy atom. The van der Waals surface area contributed by atoms with Gasteiger partial charge in [-0.3, -0.25) is 0 Å². The summed E-state index contributed by atoms with van der Waals surface area (Å²) >= 11 is 5.38. The largest absolute Gasteiger partial charge is 0.432 e. The molecule has 0 bridgehead atoms. The highest BCUT2D eigenvalue weighted by Gasteiger charge is 2.41. The van der Waals surface area contributed by atoms with Crippen molar-refractivity contribution in [2.45, 2.75) is 38.7 Å². The molecule has 0 saturated carbocycles. The molecule has 47 heavy (non-hydrogen) atoms. The maximum Gasteiger partial charge on any atom is 0.432 e. The molecule has 0 amide bonds. The minimum absolute atomic E-state index is 0.248. The van der Waals surface area contributed by atoms with Crippen LogP contribution in [-0.2, 0) is 12.5 Å². The second-order valence-corrected chi connectivity index (χ2v) is 11.2. The lowest BCUT2D eigenvalue weighted by molar-refractivity contribution is -0.189. The number of alkyl halides is 2. The second kappa shape index (κ2) is 13.7. The summed E-state index contributed by atoms with van der Waals surface area (Å²) in [6.45, 7) is 2.11. The summed E-state index contributed by atoms with van der Waals surface area (Å²) in [6.07, 6.45) is -0.653. The third kappa shape index (κ3) is 7.27. The van der Waals surface area contributed by atoms with Gasteiger partial charge in [0.1, 0.15) is 57.1 Å². The summed E-state index contributed by atoms with van der Waals surface area (Å²) in [4.78, 5) is 0. The van der Waals surface area contributed by atoms with Crippen LogP contribution in [0.4, 0.5) is 39.5 Å². The average Bonchev–Trinajstić information content (AvgIpc) is 2.99. The molecule has 1 nitrogen and oxygen atoms in total. The van der Waals surface area contributed by atoms with Crippen molar-refractivity contribution in [2.75, 3.05) is 0 Å². The Balaban J connectivity index is 1.38. The average molecular weight is 679 g/mol. The van der Waals surface area contributed by atoms with Gasteiger partial charge in [0.15, 0.2) is 0 Å². The molecule has 0 fully saturated rings. The monoisotopic (exact) mass is 678 g/mol. The smallest absolute Gasteiger partial charge is 0.429 e. The molecule has 244 valence electrons. The highest BCUT2D eigenvalue weighted by atomic mass is 35.5. The summed E-state index contributed by atoms with van der Waals surface area (Å²) in [7, 11) is 0. The molecular formula is C36H24ClF9O. The molecule has 0 saturated heterocycles. The number of benzene rings is 5. The van der Waals surface area contributed by atoms with E-state index in [1.54, 1.807) is 0 Å². The SMILES string of the molecule is CCCCCc1ccc(-c2ccc(-c3cc(F)c(C(F)(F)Oc4cc(F)c(-c5cc(F)c(Cl)c(F)c5)c(F)c4)c(F)c3)c(F)c2)cc1. The van der Waals surface area contributed by atoms with Crippen LogP contribution in [-0.4, -0.2) is 0 Å². The molecule has 5 aromatic carbocycles. The molecule has 0 radical (unpaired) electrons. The first-order chi connectivity index (χ1) is 22.3. The fourth-order valence-corrected chi connectivity index (χ4v) is 5.27. The summed E-state index contributed by atoms with van der Waals surface area (Å²) in [5, 5.41) is -0.928. The van der Waals surface area contributed by atoms with E-state index < -0.39 is 79.9 Å². The topological polar surface area (TPSA) is 9.23 Å². The minimum atomic E-state index is -4.81. The number of aryl methyl sites for hydroxylation is 1. The number of ether oxygens (including phenoxy) is 1. The number of rotatable bonds is 10. The Hall–Kier alpha value is -4.44. The first kappa shape index (κ1) is 33.9. The van der Waals surface area contributed by atoms with Crippen molar-refractivity contribution >= 4 is 11.6 Å². The van der Waals surface area contributed by atoms with Crippen molar-refractivity contribution in [2.24, 2.45) is 0 Å². The van der Waals surface area contributed by atoms with E-state index in [-0.39, 0.29) is 17.7 Å². The van der Waals surface area contributed by atoms with Gasteiger partial charge in [0.05, 0.1) is 5.56 Å². The lowest BCUT2D eigenvalue weighted by Crippen LogP contribution is -2.25. The van der Waals surface area contributed by atoms with Crippen LogP contribution in [0.15, 0.2) is 78.9 Å². The van der Waals surface area contributed by atoms with Gasteiger partial charge in [-0.2, -0.15) is 8.78 Å². The van der Waals surface area contributed by atoms with Gasteiger partial charge in [-0.25, -0.2) is 30.7 Å². The van der Waals surface area contributed by atoms with Crippen molar-refractivity contribution in [3.63, 3.8) is 0 Å². The maximum atomic E-state index is 15.1. The quantitative estimate of drug-likeness (QED) is 0.0811. The summed E-state index contributed by atoms with van der Waals surface area (Å²) in [6, 6.07) is 14.0. The molecule has 0 aliphatic rings. The van der Waals surface area contributed by atoms with Crippen LogP contribution in [0.1, 0.15) is 37.3 Å². The van der Waals surface area contributed by atoms with Crippen molar-refractivity contribution in [3.8, 4) is 39.1 Å². The number of unbranched alkanes of at least 4 members (excludes halogenated alkanes) is 2. The molecule has 0 atom stereocenters. The van der Waals surface area contributed by atoms with E-state index in [1.807, 2.05) is 24.3 Å². The van der Waals surface area contributed by atoms with Crippen molar-refractivity contribution in [1.29, 1.82) is 0 Å². The van der Waals surface area contributed by atoms with Gasteiger partial charge in [-0.1, -0.05) is 67.8 Å². The summed E-state index contributed by atoms with van der Waals surface area (Å²) < 4.78 is 137. The second-order valence-electron chi connectivity index (χ2n) is 10.8. The van der Waals surface area contributed by atoms with E-state index in [4.69, 9.17) is 11.6 Å². The Labute approximate surface area is 269 Å². The fraction of sp³-hybridized carbons (Fsp3) is 0.167. The number of hydrogen-bond donors (Lipinski definition) is 0. The molecule has 5 rings (SSSR count). The van der Waals surface area contributed by atoms with Crippen LogP contribution in [0.25, 0.3) is 33.4 Å². The Morgan fingerprint density at radius 3 is 1.66 bits per heavy atom. The molecule has 0 N–H and O–H groups in total. The third-order valence-electron chi connectivity index (χ3n) is 7.50. The van der Waals surface area contributed by atoms with Crippen molar-refractivity contribution < 1.29 is 44.3 Å². The van der Waals surface area contributed by atoms with Gasteiger partial charge in [-0.15, -0.1) is 0 Å². The molecular weight excluding hydrogens is 655 g/mol. The van der Waals surface area contributed by atoms with Gasteiger partial charge in [0, 0.05) is 17.7 Å². The van der Waals surface area contributed by atoms with Gasteiger partial charge < -0.3 is 4.74 Å². The summed E-state index contributed by atoms with van der Waals surface area (Å²) in [5.74, 6) is -11.5. The highest BCUT2D eigenvalue weighted by molar-refractivity contribution is 6.31. The van der Waals surface area contributed by atoms with Crippen LogP contribution in [0.5, 0.6) is 5.75 Å². The third-order valence-corrected chi connectivity index (χ3v) is 7.86. The predicted molar refractivity (Wildman–Crippen MR) is 162 cm³/mol. The normalized spacial score (nSPS) is 11.6. The van der Waals surface area contributed by atoms with Gasteiger partial charge in [0.25, 0.3) is 0 Å². The van der Waals surface area contributed by atoms with Crippen LogP contribution in [0.3, 0.4) is 0 Å². The lowest BCUT2D eigenvalue weighted by atomic mass is 9.97. The minimum Gasteiger partial charge on any atom is -0.429 e. The first-order valence-corrected chi connectivity index (χ1v) is 14.8. The van der Waals surface area contributed by atoms with Crippen LogP contribution in [0.2, 0.25) is 5.02 Å². The van der Waals surface area contributed by atoms with Gasteiger partial charge in [0.2, 0.25) is 0 Å². The standard InChI is InChI=1S/C36H24ClF9O/c1-2-3-4-5-19-6-8-20(9-7-19)21-10-11-25(26(38)12-21)22-13-29(41)34(30(42)14-22)36(45,46)47-24-17-27(39)33(28(40)18-24)23-15-31(43)35(37)32(44)16-23/h6-18H,2-5H2,1H3. The Kier molecular flexibility index (Phi) is 9.91. The molecule has 0 aliphatic carbocycles.